The van der Waals surface area contributed by atoms with E-state index >= 15 is 0 Å². The largest absolute Gasteiger partial charge is 0.228 e. The lowest BCUT2D eigenvalue weighted by atomic mass is 9.67. The van der Waals surface area contributed by atoms with E-state index in [1.165, 1.54) is 48.6 Å². The maximum absolute atomic E-state index is 9.51. The van der Waals surface area contributed by atoms with Gasteiger partial charge < -0.3 is 0 Å². The standard InChI is InChI=1S/C52H31N3S/c53-32-33-21-23-34(24-22-33)37-25-27-40-41-28-26-38(30-46(41)52(45(40)29-37)43-17-6-8-19-49(43)56-50-20-9-7-18-44(50)52)51-54-47(36-12-2-1-3-13-36)31-48(55-51)42-16-10-14-35-11-4-5-15-39(35)42/h1-31H. The molecule has 56 heavy (non-hydrogen) atoms. The third-order valence-corrected chi connectivity index (χ3v) is 12.6. The molecule has 260 valence electrons. The second kappa shape index (κ2) is 12.8. The Morgan fingerprint density at radius 3 is 1.75 bits per heavy atom. The van der Waals surface area contributed by atoms with Crippen LogP contribution < -0.4 is 0 Å². The van der Waals surface area contributed by atoms with Crippen molar-refractivity contribution in [3.63, 3.8) is 0 Å². The summed E-state index contributed by atoms with van der Waals surface area (Å²) in [5, 5.41) is 11.8. The summed E-state index contributed by atoms with van der Waals surface area (Å²) in [6, 6.07) is 69.1. The Hall–Kier alpha value is -7.06. The first-order valence-electron chi connectivity index (χ1n) is 18.8. The highest BCUT2D eigenvalue weighted by Crippen LogP contribution is 2.62. The SMILES string of the molecule is N#Cc1ccc(-c2ccc3c(c2)C2(c4ccccc4Sc4ccccc42)c2cc(-c4nc(-c5ccccc5)cc(-c5cccc6ccccc56)n4)ccc2-3)cc1. The number of nitrogens with zero attached hydrogens (tertiary/aromatic N) is 3. The Kier molecular flexibility index (Phi) is 7.38. The summed E-state index contributed by atoms with van der Waals surface area (Å²) in [4.78, 5) is 13.2. The molecular formula is C52H31N3S. The summed E-state index contributed by atoms with van der Waals surface area (Å²) >= 11 is 1.84. The van der Waals surface area contributed by atoms with Crippen LogP contribution in [0.25, 0.3) is 66.9 Å². The highest BCUT2D eigenvalue weighted by Gasteiger charge is 2.50. The van der Waals surface area contributed by atoms with E-state index in [1.54, 1.807) is 0 Å². The Morgan fingerprint density at radius 1 is 0.429 bits per heavy atom. The number of hydrogen-bond donors (Lipinski definition) is 0. The lowest BCUT2D eigenvalue weighted by Gasteiger charge is -2.39. The lowest BCUT2D eigenvalue weighted by Crippen LogP contribution is -2.32. The minimum absolute atomic E-state index is 0.586. The molecule has 0 saturated heterocycles. The van der Waals surface area contributed by atoms with E-state index in [0.717, 1.165) is 44.6 Å². The van der Waals surface area contributed by atoms with Gasteiger partial charge in [-0.1, -0.05) is 157 Å². The topological polar surface area (TPSA) is 49.6 Å². The maximum Gasteiger partial charge on any atom is 0.160 e. The van der Waals surface area contributed by atoms with Crippen LogP contribution in [0.2, 0.25) is 0 Å². The summed E-state index contributed by atoms with van der Waals surface area (Å²) in [5.74, 6) is 0.688. The van der Waals surface area contributed by atoms with Gasteiger partial charge >= 0.3 is 0 Å². The van der Waals surface area contributed by atoms with Gasteiger partial charge in [-0.2, -0.15) is 5.26 Å². The summed E-state index contributed by atoms with van der Waals surface area (Å²) in [6.45, 7) is 0. The van der Waals surface area contributed by atoms with E-state index in [-0.39, 0.29) is 0 Å². The highest BCUT2D eigenvalue weighted by molar-refractivity contribution is 7.99. The monoisotopic (exact) mass is 729 g/mol. The Balaban J connectivity index is 1.18. The second-order valence-corrected chi connectivity index (χ2v) is 15.5. The molecular weight excluding hydrogens is 699 g/mol. The molecule has 1 aliphatic carbocycles. The molecule has 0 amide bonds. The van der Waals surface area contributed by atoms with Crippen molar-refractivity contribution in [2.45, 2.75) is 15.2 Å². The van der Waals surface area contributed by atoms with Gasteiger partial charge in [0.15, 0.2) is 5.82 Å². The van der Waals surface area contributed by atoms with E-state index in [2.05, 4.69) is 176 Å². The van der Waals surface area contributed by atoms with E-state index in [1.807, 2.05) is 30.0 Å². The Labute approximate surface area is 329 Å². The molecule has 9 aromatic rings. The minimum atomic E-state index is -0.586. The van der Waals surface area contributed by atoms with Crippen LogP contribution >= 0.6 is 11.8 Å². The molecule has 2 heterocycles. The van der Waals surface area contributed by atoms with Crippen LogP contribution in [-0.4, -0.2) is 9.97 Å². The van der Waals surface area contributed by atoms with Crippen molar-refractivity contribution >= 4 is 22.5 Å². The lowest BCUT2D eigenvalue weighted by molar-refractivity contribution is 0.722. The molecule has 1 spiro atoms. The molecule has 4 heteroatoms. The van der Waals surface area contributed by atoms with Crippen molar-refractivity contribution in [3.8, 4) is 62.2 Å². The molecule has 1 aliphatic heterocycles. The fraction of sp³-hybridized carbons (Fsp3) is 0.0192. The molecule has 2 aliphatic rings. The van der Waals surface area contributed by atoms with Gasteiger partial charge in [0.25, 0.3) is 0 Å². The maximum atomic E-state index is 9.51. The van der Waals surface area contributed by atoms with Crippen LogP contribution in [0.5, 0.6) is 0 Å². The van der Waals surface area contributed by atoms with E-state index < -0.39 is 5.41 Å². The van der Waals surface area contributed by atoms with Gasteiger partial charge in [-0.25, -0.2) is 9.97 Å². The van der Waals surface area contributed by atoms with Crippen LogP contribution in [0.1, 0.15) is 27.8 Å². The molecule has 0 bridgehead atoms. The molecule has 3 nitrogen and oxygen atoms in total. The summed E-state index contributed by atoms with van der Waals surface area (Å²) in [6.07, 6.45) is 0. The zero-order chi connectivity index (χ0) is 37.2. The van der Waals surface area contributed by atoms with Crippen molar-refractivity contribution in [1.82, 2.24) is 9.97 Å². The van der Waals surface area contributed by atoms with Gasteiger partial charge in [-0.15, -0.1) is 0 Å². The molecule has 0 atom stereocenters. The average molecular weight is 730 g/mol. The van der Waals surface area contributed by atoms with Gasteiger partial charge in [0.05, 0.1) is 28.4 Å². The molecule has 0 radical (unpaired) electrons. The number of aromatic nitrogens is 2. The number of nitriles is 1. The van der Waals surface area contributed by atoms with Crippen LogP contribution in [0.4, 0.5) is 0 Å². The van der Waals surface area contributed by atoms with Crippen LogP contribution in [0.3, 0.4) is 0 Å². The summed E-state index contributed by atoms with van der Waals surface area (Å²) in [5.41, 5.74) is 14.6. The number of benzene rings is 8. The molecule has 0 N–H and O–H groups in total. The Morgan fingerprint density at radius 2 is 1.02 bits per heavy atom. The zero-order valence-electron chi connectivity index (χ0n) is 30.1. The zero-order valence-corrected chi connectivity index (χ0v) is 31.0. The first-order valence-corrected chi connectivity index (χ1v) is 19.6. The third kappa shape index (κ3) is 4.92. The van der Waals surface area contributed by atoms with Crippen molar-refractivity contribution in [2.75, 3.05) is 0 Å². The molecule has 1 aromatic heterocycles. The van der Waals surface area contributed by atoms with Gasteiger partial charge in [0.1, 0.15) is 0 Å². The molecule has 11 rings (SSSR count). The molecule has 0 saturated carbocycles. The summed E-state index contributed by atoms with van der Waals surface area (Å²) in [7, 11) is 0. The van der Waals surface area contributed by atoms with E-state index in [9.17, 15) is 5.26 Å². The van der Waals surface area contributed by atoms with Crippen molar-refractivity contribution < 1.29 is 0 Å². The van der Waals surface area contributed by atoms with Crippen LogP contribution in [0.15, 0.2) is 198 Å². The van der Waals surface area contributed by atoms with Gasteiger partial charge in [-0.3, -0.25) is 0 Å². The molecule has 0 unspecified atom stereocenters. The Bertz CT molecular complexity index is 3020. The van der Waals surface area contributed by atoms with Crippen LogP contribution in [0, 0.1) is 11.3 Å². The number of fused-ring (bicyclic) bond motifs is 10. The number of rotatable bonds is 4. The van der Waals surface area contributed by atoms with Crippen LogP contribution in [-0.2, 0) is 5.41 Å². The van der Waals surface area contributed by atoms with Crippen molar-refractivity contribution in [1.29, 1.82) is 5.26 Å². The fourth-order valence-electron chi connectivity index (χ4n) is 8.87. The fourth-order valence-corrected chi connectivity index (χ4v) is 10.1. The average Bonchev–Trinajstić information content (AvgIpc) is 3.55. The smallest absolute Gasteiger partial charge is 0.160 e. The molecule has 8 aromatic carbocycles. The highest BCUT2D eigenvalue weighted by atomic mass is 32.2. The predicted octanol–water partition coefficient (Wildman–Crippen LogP) is 13.0. The van der Waals surface area contributed by atoms with E-state index in [0.29, 0.717) is 11.4 Å². The first-order chi connectivity index (χ1) is 27.7. The van der Waals surface area contributed by atoms with Crippen molar-refractivity contribution in [3.05, 3.63) is 216 Å². The third-order valence-electron chi connectivity index (χ3n) is 11.4. The second-order valence-electron chi connectivity index (χ2n) is 14.4. The van der Waals surface area contributed by atoms with Gasteiger partial charge in [0, 0.05) is 26.5 Å². The number of hydrogen-bond acceptors (Lipinski definition) is 4. The van der Waals surface area contributed by atoms with Gasteiger partial charge in [-0.05, 0) is 97.7 Å². The van der Waals surface area contributed by atoms with Gasteiger partial charge in [0.2, 0.25) is 0 Å². The van der Waals surface area contributed by atoms with E-state index in [4.69, 9.17) is 9.97 Å². The first kappa shape index (κ1) is 32.4. The normalized spacial score (nSPS) is 13.1. The quantitative estimate of drug-likeness (QED) is 0.181. The molecule has 0 fully saturated rings. The van der Waals surface area contributed by atoms with Crippen molar-refractivity contribution in [2.24, 2.45) is 0 Å². The summed E-state index contributed by atoms with van der Waals surface area (Å²) < 4.78 is 0. The minimum Gasteiger partial charge on any atom is -0.228 e. The predicted molar refractivity (Wildman–Crippen MR) is 227 cm³/mol.